The van der Waals surface area contributed by atoms with Crippen LogP contribution in [0.2, 0.25) is 5.02 Å². The molecular formula is C29H38ClN5O4. The molecule has 2 fully saturated rings. The first kappa shape index (κ1) is 28.7. The molecule has 2 atom stereocenters. The van der Waals surface area contributed by atoms with Crippen LogP contribution in [0.3, 0.4) is 0 Å². The fraction of sp³-hybridized carbons (Fsp3) is 0.448. The number of hydrogen-bond acceptors (Lipinski definition) is 7. The van der Waals surface area contributed by atoms with E-state index in [-0.39, 0.29) is 18.3 Å². The van der Waals surface area contributed by atoms with Gasteiger partial charge in [-0.15, -0.1) is 0 Å². The van der Waals surface area contributed by atoms with Crippen molar-refractivity contribution in [2.24, 2.45) is 5.73 Å². The average Bonchev–Trinajstić information content (AvgIpc) is 3.57. The summed E-state index contributed by atoms with van der Waals surface area (Å²) in [4.78, 5) is 19.9. The second-order valence-corrected chi connectivity index (χ2v) is 10.2. The lowest BCUT2D eigenvalue weighted by Crippen LogP contribution is -2.48. The van der Waals surface area contributed by atoms with Gasteiger partial charge in [-0.05, 0) is 49.2 Å². The fourth-order valence-corrected chi connectivity index (χ4v) is 5.53. The Labute approximate surface area is 235 Å². The van der Waals surface area contributed by atoms with E-state index in [4.69, 9.17) is 26.8 Å². The topological polar surface area (TPSA) is 106 Å². The lowest BCUT2D eigenvalue weighted by molar-refractivity contribution is -0.129. The first-order valence-electron chi connectivity index (χ1n) is 13.4. The largest absolute Gasteiger partial charge is 0.508 e. The molecule has 0 unspecified atom stereocenters. The van der Waals surface area contributed by atoms with Gasteiger partial charge in [-0.1, -0.05) is 31.5 Å². The standard InChI is InChI=1S/C27H32ClN5O4.C2H6/c1-20(34)32-12-14-33(15-13-32)21-2-5-23(6-3-21)36-18-27(29)9-8-26(37-27,17-31-11-10-30-19-31)24-7-4-22(35)16-25(24)28;1-2/h2-7,10-11,16,19,35H,8-9,12-15,17-18,29H2,1H3;1-2H3/t26-,27+;/m1./s1. The summed E-state index contributed by atoms with van der Waals surface area (Å²) in [5, 5.41) is 10.3. The Kier molecular flexibility index (Phi) is 9.04. The molecule has 3 heterocycles. The third-order valence-corrected chi connectivity index (χ3v) is 7.51. The van der Waals surface area contributed by atoms with E-state index in [0.29, 0.717) is 30.2 Å². The summed E-state index contributed by atoms with van der Waals surface area (Å²) in [6, 6.07) is 12.8. The van der Waals surface area contributed by atoms with Gasteiger partial charge in [0, 0.05) is 56.7 Å². The molecule has 10 heteroatoms. The molecule has 2 aromatic carbocycles. The minimum Gasteiger partial charge on any atom is -0.508 e. The molecular weight excluding hydrogens is 518 g/mol. The van der Waals surface area contributed by atoms with Crippen molar-refractivity contribution in [2.75, 3.05) is 37.7 Å². The van der Waals surface area contributed by atoms with Gasteiger partial charge in [-0.25, -0.2) is 4.98 Å². The van der Waals surface area contributed by atoms with Crippen LogP contribution in [0.4, 0.5) is 5.69 Å². The molecule has 0 radical (unpaired) electrons. The van der Waals surface area contributed by atoms with E-state index in [2.05, 4.69) is 9.88 Å². The molecule has 1 amide bonds. The zero-order valence-corrected chi connectivity index (χ0v) is 23.6. The van der Waals surface area contributed by atoms with Crippen molar-refractivity contribution in [3.8, 4) is 11.5 Å². The van der Waals surface area contributed by atoms with Crippen LogP contribution < -0.4 is 15.4 Å². The Hall–Kier alpha value is -3.27. The molecule has 2 saturated heterocycles. The second-order valence-electron chi connectivity index (χ2n) is 9.84. The van der Waals surface area contributed by atoms with E-state index in [1.165, 1.54) is 6.07 Å². The summed E-state index contributed by atoms with van der Waals surface area (Å²) in [7, 11) is 0. The molecule has 0 bridgehead atoms. The number of hydrogen-bond donors (Lipinski definition) is 2. The SMILES string of the molecule is CC.CC(=O)N1CCN(c2ccc(OC[C@]3(N)CC[C@@](Cn4ccnc4)(c4ccc(O)cc4Cl)O3)cc2)CC1. The van der Waals surface area contributed by atoms with Gasteiger partial charge in [0.25, 0.3) is 0 Å². The predicted octanol–water partition coefficient (Wildman–Crippen LogP) is 4.38. The van der Waals surface area contributed by atoms with Gasteiger partial charge in [0.15, 0.2) is 5.72 Å². The van der Waals surface area contributed by atoms with E-state index >= 15 is 0 Å². The minimum atomic E-state index is -1.02. The summed E-state index contributed by atoms with van der Waals surface area (Å²) in [5.41, 5.74) is 6.75. The normalized spacial score (nSPS) is 22.8. The number of nitrogens with zero attached hydrogens (tertiary/aromatic N) is 4. The highest BCUT2D eigenvalue weighted by Gasteiger charge is 2.50. The van der Waals surface area contributed by atoms with Gasteiger partial charge in [-0.2, -0.15) is 0 Å². The summed E-state index contributed by atoms with van der Waals surface area (Å²) in [6.07, 6.45) is 6.51. The van der Waals surface area contributed by atoms with Crippen molar-refractivity contribution < 1.29 is 19.4 Å². The van der Waals surface area contributed by atoms with E-state index in [9.17, 15) is 9.90 Å². The Morgan fingerprint density at radius 3 is 2.46 bits per heavy atom. The van der Waals surface area contributed by atoms with Crippen LogP contribution in [-0.2, 0) is 21.7 Å². The average molecular weight is 556 g/mol. The quantitative estimate of drug-likeness (QED) is 0.445. The van der Waals surface area contributed by atoms with Crippen molar-refractivity contribution in [1.82, 2.24) is 14.5 Å². The smallest absolute Gasteiger partial charge is 0.219 e. The van der Waals surface area contributed by atoms with Crippen LogP contribution in [0, 0.1) is 0 Å². The second kappa shape index (κ2) is 12.3. The van der Waals surface area contributed by atoms with Crippen LogP contribution in [0.1, 0.15) is 39.2 Å². The summed E-state index contributed by atoms with van der Waals surface area (Å²) < 4.78 is 14.6. The maximum Gasteiger partial charge on any atom is 0.219 e. The first-order valence-corrected chi connectivity index (χ1v) is 13.8. The van der Waals surface area contributed by atoms with Crippen molar-refractivity contribution in [3.05, 3.63) is 71.8 Å². The molecule has 0 aliphatic carbocycles. The summed E-state index contributed by atoms with van der Waals surface area (Å²) >= 11 is 6.55. The van der Waals surface area contributed by atoms with Crippen LogP contribution in [0.25, 0.3) is 0 Å². The van der Waals surface area contributed by atoms with Crippen LogP contribution >= 0.6 is 11.6 Å². The number of benzene rings is 2. The number of amides is 1. The Morgan fingerprint density at radius 2 is 1.85 bits per heavy atom. The van der Waals surface area contributed by atoms with Crippen molar-refractivity contribution >= 4 is 23.2 Å². The van der Waals surface area contributed by atoms with Crippen molar-refractivity contribution in [3.63, 3.8) is 0 Å². The summed E-state index contributed by atoms with van der Waals surface area (Å²) in [5.74, 6) is 0.917. The number of imidazole rings is 1. The maximum absolute atomic E-state index is 11.6. The Balaban J connectivity index is 0.00000172. The van der Waals surface area contributed by atoms with Crippen LogP contribution in [-0.4, -0.2) is 64.0 Å². The molecule has 0 spiro atoms. The highest BCUT2D eigenvalue weighted by Crippen LogP contribution is 2.47. The van der Waals surface area contributed by atoms with Crippen molar-refractivity contribution in [2.45, 2.75) is 51.5 Å². The van der Waals surface area contributed by atoms with Gasteiger partial charge in [0.2, 0.25) is 5.91 Å². The molecule has 9 nitrogen and oxygen atoms in total. The predicted molar refractivity (Wildman–Crippen MR) is 152 cm³/mol. The van der Waals surface area contributed by atoms with Crippen molar-refractivity contribution in [1.29, 1.82) is 0 Å². The van der Waals surface area contributed by atoms with E-state index in [1.807, 2.05) is 53.8 Å². The minimum absolute atomic E-state index is 0.0936. The number of phenols is 1. The van der Waals surface area contributed by atoms with Crippen LogP contribution in [0.15, 0.2) is 61.2 Å². The van der Waals surface area contributed by atoms with Gasteiger partial charge >= 0.3 is 0 Å². The zero-order valence-electron chi connectivity index (χ0n) is 22.8. The molecule has 1 aromatic heterocycles. The third kappa shape index (κ3) is 6.66. The Bertz CT molecular complexity index is 1230. The number of nitrogens with two attached hydrogens (primary N) is 1. The molecule has 0 saturated carbocycles. The van der Waals surface area contributed by atoms with Gasteiger partial charge in [0.1, 0.15) is 23.7 Å². The molecule has 210 valence electrons. The number of rotatable bonds is 7. The Morgan fingerprint density at radius 1 is 1.13 bits per heavy atom. The molecule has 3 aromatic rings. The maximum atomic E-state index is 11.6. The molecule has 2 aliphatic heterocycles. The van der Waals surface area contributed by atoms with E-state index < -0.39 is 11.3 Å². The van der Waals surface area contributed by atoms with E-state index in [0.717, 1.165) is 37.4 Å². The number of anilines is 1. The number of ether oxygens (including phenoxy) is 2. The number of halogens is 1. The third-order valence-electron chi connectivity index (χ3n) is 7.20. The van der Waals surface area contributed by atoms with Crippen LogP contribution in [0.5, 0.6) is 11.5 Å². The van der Waals surface area contributed by atoms with E-state index in [1.54, 1.807) is 31.6 Å². The number of carbonyl (C=O) groups excluding carboxylic acids is 1. The molecule has 39 heavy (non-hydrogen) atoms. The molecule has 3 N–H and O–H groups in total. The highest BCUT2D eigenvalue weighted by atomic mass is 35.5. The molecule has 2 aliphatic rings. The number of aromatic hydroxyl groups is 1. The highest BCUT2D eigenvalue weighted by molar-refractivity contribution is 6.31. The zero-order chi connectivity index (χ0) is 28.0. The van der Waals surface area contributed by atoms with Gasteiger partial charge < -0.3 is 34.7 Å². The summed E-state index contributed by atoms with van der Waals surface area (Å²) in [6.45, 7) is 9.32. The lowest BCUT2D eigenvalue weighted by Gasteiger charge is -2.35. The fourth-order valence-electron chi connectivity index (χ4n) is 5.18. The number of piperazine rings is 1. The lowest BCUT2D eigenvalue weighted by atomic mass is 9.90. The van der Waals surface area contributed by atoms with Gasteiger partial charge in [-0.3, -0.25) is 4.79 Å². The van der Waals surface area contributed by atoms with Gasteiger partial charge in [0.05, 0.1) is 17.9 Å². The number of carbonyl (C=O) groups is 1. The number of phenolic OH excluding ortho intramolecular Hbond substituents is 1. The first-order chi connectivity index (χ1) is 18.8. The number of aromatic nitrogens is 2. The molecule has 5 rings (SSSR count). The monoisotopic (exact) mass is 555 g/mol.